The number of benzene rings is 1. The number of hydrogen-bond donors (Lipinski definition) is 1. The van der Waals surface area contributed by atoms with Gasteiger partial charge < -0.3 is 9.84 Å². The van der Waals surface area contributed by atoms with Gasteiger partial charge in [-0.3, -0.25) is 4.90 Å². The van der Waals surface area contributed by atoms with Gasteiger partial charge in [0, 0.05) is 0 Å². The number of hydrogen-bond acceptors (Lipinski definition) is 3. The van der Waals surface area contributed by atoms with E-state index in [1.807, 2.05) is 34.6 Å². The highest BCUT2D eigenvalue weighted by Gasteiger charge is 2.40. The molecular weight excluding hydrogens is 282 g/mol. The van der Waals surface area contributed by atoms with E-state index in [1.54, 1.807) is 23.1 Å². The van der Waals surface area contributed by atoms with E-state index in [-0.39, 0.29) is 23.7 Å². The van der Waals surface area contributed by atoms with Crippen LogP contribution in [0.2, 0.25) is 0 Å². The number of carboxylic acids is 1. The van der Waals surface area contributed by atoms with Crippen LogP contribution in [-0.4, -0.2) is 27.7 Å². The van der Waals surface area contributed by atoms with E-state index in [1.165, 1.54) is 0 Å². The molecule has 0 fully saturated rings. The Labute approximate surface area is 130 Å². The highest BCUT2D eigenvalue weighted by atomic mass is 16.6. The summed E-state index contributed by atoms with van der Waals surface area (Å²) in [5.74, 6) is -0.957. The first-order valence-electron chi connectivity index (χ1n) is 7.54. The van der Waals surface area contributed by atoms with E-state index in [0.717, 1.165) is 11.1 Å². The summed E-state index contributed by atoms with van der Waals surface area (Å²) in [6.07, 6.45) is 0.347. The molecule has 1 aliphatic heterocycles. The molecule has 1 aromatic rings. The lowest BCUT2D eigenvalue weighted by atomic mass is 9.98. The molecule has 5 nitrogen and oxygen atoms in total. The Morgan fingerprint density at radius 2 is 1.91 bits per heavy atom. The van der Waals surface area contributed by atoms with Crippen molar-refractivity contribution >= 4 is 12.1 Å². The van der Waals surface area contributed by atoms with Crippen molar-refractivity contribution in [2.45, 2.75) is 58.7 Å². The summed E-state index contributed by atoms with van der Waals surface area (Å²) in [5.41, 5.74) is 1.58. The van der Waals surface area contributed by atoms with Crippen molar-refractivity contribution in [3.05, 3.63) is 34.9 Å². The Kier molecular flexibility index (Phi) is 4.18. The number of amides is 1. The Morgan fingerprint density at radius 1 is 1.27 bits per heavy atom. The normalized spacial score (nSPS) is 20.7. The van der Waals surface area contributed by atoms with Crippen molar-refractivity contribution in [3.8, 4) is 0 Å². The molecule has 2 unspecified atom stereocenters. The van der Waals surface area contributed by atoms with Gasteiger partial charge in [0.05, 0.1) is 17.6 Å². The number of aromatic carboxylic acids is 1. The number of fused-ring (bicyclic) bond motifs is 1. The van der Waals surface area contributed by atoms with Crippen LogP contribution in [0, 0.1) is 0 Å². The van der Waals surface area contributed by atoms with Gasteiger partial charge in [0.1, 0.15) is 5.60 Å². The molecule has 0 aromatic heterocycles. The zero-order chi connectivity index (χ0) is 16.7. The number of ether oxygens (including phenoxy) is 1. The van der Waals surface area contributed by atoms with Gasteiger partial charge in [-0.05, 0) is 57.4 Å². The van der Waals surface area contributed by atoms with Crippen molar-refractivity contribution in [2.75, 3.05) is 0 Å². The molecule has 2 rings (SSSR count). The van der Waals surface area contributed by atoms with Crippen molar-refractivity contribution in [3.63, 3.8) is 0 Å². The molecule has 5 heteroatoms. The lowest BCUT2D eigenvalue weighted by molar-refractivity contribution is 0.0103. The van der Waals surface area contributed by atoms with Crippen molar-refractivity contribution < 1.29 is 19.4 Å². The van der Waals surface area contributed by atoms with Crippen LogP contribution in [-0.2, 0) is 4.74 Å². The predicted molar refractivity (Wildman–Crippen MR) is 82.9 cm³/mol. The Balaban J connectivity index is 2.39. The fourth-order valence-electron chi connectivity index (χ4n) is 2.96. The van der Waals surface area contributed by atoms with Crippen molar-refractivity contribution in [1.29, 1.82) is 0 Å². The standard InChI is InChI=1S/C17H23NO4/c1-6-14-13-9-11(15(19)20)7-8-12(13)10(2)18(14)16(21)22-17(3,4)5/h7-10,14H,6H2,1-5H3,(H,19,20). The fraction of sp³-hybridized carbons (Fsp3) is 0.529. The molecule has 0 bridgehead atoms. The minimum absolute atomic E-state index is 0.127. The maximum atomic E-state index is 12.5. The maximum absolute atomic E-state index is 12.5. The topological polar surface area (TPSA) is 66.8 Å². The summed E-state index contributed by atoms with van der Waals surface area (Å²) < 4.78 is 5.50. The minimum Gasteiger partial charge on any atom is -0.478 e. The summed E-state index contributed by atoms with van der Waals surface area (Å²) >= 11 is 0. The molecule has 2 atom stereocenters. The second-order valence-electron chi connectivity index (χ2n) is 6.64. The van der Waals surface area contributed by atoms with Gasteiger partial charge in [0.15, 0.2) is 0 Å². The molecule has 0 radical (unpaired) electrons. The summed E-state index contributed by atoms with van der Waals surface area (Å²) in [7, 11) is 0. The molecule has 0 aliphatic carbocycles. The van der Waals surface area contributed by atoms with Crippen molar-refractivity contribution in [2.24, 2.45) is 0 Å². The van der Waals surface area contributed by atoms with Crippen LogP contribution in [0.15, 0.2) is 18.2 Å². The van der Waals surface area contributed by atoms with Gasteiger partial charge in [0.25, 0.3) is 0 Å². The van der Waals surface area contributed by atoms with Gasteiger partial charge in [-0.15, -0.1) is 0 Å². The third kappa shape index (κ3) is 2.93. The van der Waals surface area contributed by atoms with Crippen LogP contribution in [0.3, 0.4) is 0 Å². The van der Waals surface area contributed by atoms with E-state index in [2.05, 4.69) is 0 Å². The van der Waals surface area contributed by atoms with Crippen LogP contribution in [0.25, 0.3) is 0 Å². The molecule has 1 aromatic carbocycles. The fourth-order valence-corrected chi connectivity index (χ4v) is 2.96. The molecule has 0 saturated carbocycles. The predicted octanol–water partition coefficient (Wildman–Crippen LogP) is 4.15. The molecule has 0 saturated heterocycles. The van der Waals surface area contributed by atoms with E-state index in [0.29, 0.717) is 6.42 Å². The number of rotatable bonds is 2. The Morgan fingerprint density at radius 3 is 2.41 bits per heavy atom. The van der Waals surface area contributed by atoms with Crippen LogP contribution >= 0.6 is 0 Å². The quantitative estimate of drug-likeness (QED) is 0.891. The number of carbonyl (C=O) groups is 2. The second-order valence-corrected chi connectivity index (χ2v) is 6.64. The van der Waals surface area contributed by atoms with Crippen LogP contribution < -0.4 is 0 Å². The lowest BCUT2D eigenvalue weighted by Gasteiger charge is -2.31. The van der Waals surface area contributed by atoms with Gasteiger partial charge in [0.2, 0.25) is 0 Å². The first-order valence-corrected chi connectivity index (χ1v) is 7.54. The molecule has 120 valence electrons. The van der Waals surface area contributed by atoms with E-state index in [9.17, 15) is 9.59 Å². The number of carboxylic acid groups (broad SMARTS) is 1. The van der Waals surface area contributed by atoms with Crippen LogP contribution in [0.1, 0.15) is 74.6 Å². The number of nitrogens with zero attached hydrogens (tertiary/aromatic N) is 1. The summed E-state index contributed by atoms with van der Waals surface area (Å²) in [4.78, 5) is 25.4. The molecule has 1 amide bonds. The van der Waals surface area contributed by atoms with Gasteiger partial charge in [-0.25, -0.2) is 9.59 Å². The molecule has 1 heterocycles. The third-order valence-electron chi connectivity index (χ3n) is 3.89. The second kappa shape index (κ2) is 5.63. The zero-order valence-corrected chi connectivity index (χ0v) is 13.7. The van der Waals surface area contributed by atoms with Crippen LogP contribution in [0.5, 0.6) is 0 Å². The van der Waals surface area contributed by atoms with Gasteiger partial charge >= 0.3 is 12.1 Å². The highest BCUT2D eigenvalue weighted by molar-refractivity contribution is 5.88. The molecule has 22 heavy (non-hydrogen) atoms. The number of carbonyl (C=O) groups excluding carboxylic acids is 1. The first kappa shape index (κ1) is 16.3. The summed E-state index contributed by atoms with van der Waals surface area (Å²) in [6, 6.07) is 4.78. The van der Waals surface area contributed by atoms with E-state index < -0.39 is 11.6 Å². The van der Waals surface area contributed by atoms with Gasteiger partial charge in [-0.1, -0.05) is 13.0 Å². The molecule has 1 aliphatic rings. The van der Waals surface area contributed by atoms with E-state index >= 15 is 0 Å². The zero-order valence-electron chi connectivity index (χ0n) is 13.7. The average Bonchev–Trinajstić information content (AvgIpc) is 2.69. The molecular formula is C17H23NO4. The largest absolute Gasteiger partial charge is 0.478 e. The average molecular weight is 305 g/mol. The van der Waals surface area contributed by atoms with E-state index in [4.69, 9.17) is 9.84 Å². The summed E-state index contributed by atoms with van der Waals surface area (Å²) in [5, 5.41) is 9.16. The summed E-state index contributed by atoms with van der Waals surface area (Å²) in [6.45, 7) is 9.43. The first-order chi connectivity index (χ1) is 10.2. The lowest BCUT2D eigenvalue weighted by Crippen LogP contribution is -2.37. The van der Waals surface area contributed by atoms with Gasteiger partial charge in [-0.2, -0.15) is 0 Å². The SMILES string of the molecule is CCC1c2cc(C(=O)O)ccc2C(C)N1C(=O)OC(C)(C)C. The molecule has 0 spiro atoms. The maximum Gasteiger partial charge on any atom is 0.411 e. The highest BCUT2D eigenvalue weighted by Crippen LogP contribution is 2.44. The third-order valence-corrected chi connectivity index (χ3v) is 3.89. The minimum atomic E-state index is -0.957. The smallest absolute Gasteiger partial charge is 0.411 e. The molecule has 1 N–H and O–H groups in total. The van der Waals surface area contributed by atoms with Crippen LogP contribution in [0.4, 0.5) is 4.79 Å². The Bertz CT molecular complexity index is 603. The Hall–Kier alpha value is -2.04. The van der Waals surface area contributed by atoms with Crippen molar-refractivity contribution in [1.82, 2.24) is 4.90 Å². The monoisotopic (exact) mass is 305 g/mol.